The molecule has 0 aromatic carbocycles. The lowest BCUT2D eigenvalue weighted by Gasteiger charge is -1.72. The second-order valence-corrected chi connectivity index (χ2v) is 1.17. The van der Waals surface area contributed by atoms with Crippen molar-refractivity contribution in [3.63, 3.8) is 0 Å². The molecule has 0 aliphatic rings. The number of alkyl halides is 1. The zero-order chi connectivity index (χ0) is 5.70. The van der Waals surface area contributed by atoms with E-state index >= 15 is 0 Å². The highest BCUT2D eigenvalue weighted by Gasteiger charge is 1.76. The SMILES string of the molecule is CC(=O)C=CCF. The first-order valence-electron chi connectivity index (χ1n) is 2.00. The van der Waals surface area contributed by atoms with Crippen LogP contribution in [0.25, 0.3) is 0 Å². The summed E-state index contributed by atoms with van der Waals surface area (Å²) in [5.74, 6) is -0.113. The molecule has 0 saturated heterocycles. The van der Waals surface area contributed by atoms with Gasteiger partial charge in [0.2, 0.25) is 0 Å². The van der Waals surface area contributed by atoms with E-state index < -0.39 is 6.67 Å². The van der Waals surface area contributed by atoms with Crippen molar-refractivity contribution in [3.05, 3.63) is 12.2 Å². The third kappa shape index (κ3) is 5.34. The lowest BCUT2D eigenvalue weighted by molar-refractivity contribution is -0.112. The molecule has 7 heavy (non-hydrogen) atoms. The van der Waals surface area contributed by atoms with Crippen LogP contribution in [0.4, 0.5) is 4.39 Å². The minimum atomic E-state index is -0.556. The molecule has 0 atom stereocenters. The third-order valence-electron chi connectivity index (χ3n) is 0.442. The first kappa shape index (κ1) is 6.34. The molecule has 0 aliphatic heterocycles. The van der Waals surface area contributed by atoms with E-state index in [-0.39, 0.29) is 5.78 Å². The van der Waals surface area contributed by atoms with E-state index in [0.717, 1.165) is 0 Å². The van der Waals surface area contributed by atoms with E-state index in [2.05, 4.69) is 0 Å². The summed E-state index contributed by atoms with van der Waals surface area (Å²) in [6.07, 6.45) is 2.39. The highest BCUT2D eigenvalue weighted by atomic mass is 19.1. The monoisotopic (exact) mass is 102 g/mol. The molecular formula is C5H7FO. The van der Waals surface area contributed by atoms with Gasteiger partial charge in [-0.2, -0.15) is 0 Å². The fourth-order valence-corrected chi connectivity index (χ4v) is 0.211. The van der Waals surface area contributed by atoms with Gasteiger partial charge in [-0.05, 0) is 13.0 Å². The molecule has 0 aromatic heterocycles. The highest BCUT2D eigenvalue weighted by molar-refractivity contribution is 5.87. The van der Waals surface area contributed by atoms with E-state index in [9.17, 15) is 9.18 Å². The van der Waals surface area contributed by atoms with Gasteiger partial charge >= 0.3 is 0 Å². The van der Waals surface area contributed by atoms with Crippen LogP contribution in [-0.4, -0.2) is 12.5 Å². The maximum absolute atomic E-state index is 11.1. The Labute approximate surface area is 41.8 Å². The van der Waals surface area contributed by atoms with E-state index in [1.807, 2.05) is 0 Å². The van der Waals surface area contributed by atoms with Gasteiger partial charge in [0.15, 0.2) is 5.78 Å². The molecule has 0 unspecified atom stereocenters. The van der Waals surface area contributed by atoms with Crippen molar-refractivity contribution in [3.8, 4) is 0 Å². The van der Waals surface area contributed by atoms with Gasteiger partial charge in [0.1, 0.15) is 6.67 Å². The first-order chi connectivity index (χ1) is 3.27. The number of halogens is 1. The summed E-state index contributed by atoms with van der Waals surface area (Å²) in [6.45, 7) is 0.825. The molecule has 0 heterocycles. The minimum Gasteiger partial charge on any atom is -0.295 e. The van der Waals surface area contributed by atoms with Crippen LogP contribution in [0.1, 0.15) is 6.92 Å². The van der Waals surface area contributed by atoms with Crippen molar-refractivity contribution in [1.82, 2.24) is 0 Å². The summed E-state index contributed by atoms with van der Waals surface area (Å²) in [5.41, 5.74) is 0. The molecule has 0 N–H and O–H groups in total. The van der Waals surface area contributed by atoms with Crippen LogP contribution in [0, 0.1) is 0 Å². The number of ketones is 1. The summed E-state index contributed by atoms with van der Waals surface area (Å²) >= 11 is 0. The average molecular weight is 102 g/mol. The largest absolute Gasteiger partial charge is 0.295 e. The Kier molecular flexibility index (Phi) is 3.19. The van der Waals surface area contributed by atoms with Crippen molar-refractivity contribution in [1.29, 1.82) is 0 Å². The number of hydrogen-bond acceptors (Lipinski definition) is 1. The Hall–Kier alpha value is -0.660. The molecule has 0 aliphatic carbocycles. The number of carbonyl (C=O) groups excluding carboxylic acids is 1. The molecular weight excluding hydrogens is 95.1 g/mol. The van der Waals surface area contributed by atoms with Crippen LogP contribution in [0.2, 0.25) is 0 Å². The van der Waals surface area contributed by atoms with Crippen molar-refractivity contribution >= 4 is 5.78 Å². The van der Waals surface area contributed by atoms with Crippen molar-refractivity contribution in [2.75, 3.05) is 6.67 Å². The van der Waals surface area contributed by atoms with Crippen molar-refractivity contribution in [2.45, 2.75) is 6.92 Å². The lowest BCUT2D eigenvalue weighted by Crippen LogP contribution is -1.78. The van der Waals surface area contributed by atoms with E-state index in [4.69, 9.17) is 0 Å². The van der Waals surface area contributed by atoms with Crippen LogP contribution in [0.5, 0.6) is 0 Å². The molecule has 1 nitrogen and oxygen atoms in total. The van der Waals surface area contributed by atoms with Gasteiger partial charge in [-0.15, -0.1) is 0 Å². The molecule has 0 bridgehead atoms. The molecule has 0 fully saturated rings. The van der Waals surface area contributed by atoms with Gasteiger partial charge < -0.3 is 0 Å². The minimum absolute atomic E-state index is 0.113. The van der Waals surface area contributed by atoms with Crippen LogP contribution >= 0.6 is 0 Å². The van der Waals surface area contributed by atoms with Gasteiger partial charge in [0, 0.05) is 0 Å². The zero-order valence-corrected chi connectivity index (χ0v) is 4.15. The molecule has 40 valence electrons. The Morgan fingerprint density at radius 1 is 1.86 bits per heavy atom. The maximum Gasteiger partial charge on any atom is 0.152 e. The quantitative estimate of drug-likeness (QED) is 0.477. The van der Waals surface area contributed by atoms with Gasteiger partial charge in [-0.25, -0.2) is 4.39 Å². The summed E-state index contributed by atoms with van der Waals surface area (Å²) < 4.78 is 11.1. The van der Waals surface area contributed by atoms with Crippen LogP contribution in [0.3, 0.4) is 0 Å². The van der Waals surface area contributed by atoms with Gasteiger partial charge in [0.25, 0.3) is 0 Å². The normalized spacial score (nSPS) is 10.0. The Bertz CT molecular complexity index is 86.1. The molecule has 0 spiro atoms. The van der Waals surface area contributed by atoms with Gasteiger partial charge in [0.05, 0.1) is 0 Å². The molecule has 0 saturated carbocycles. The zero-order valence-electron chi connectivity index (χ0n) is 4.15. The van der Waals surface area contributed by atoms with E-state index in [1.165, 1.54) is 19.1 Å². The Morgan fingerprint density at radius 3 is 2.57 bits per heavy atom. The average Bonchev–Trinajstić information content (AvgIpc) is 1.61. The molecule has 0 aromatic rings. The number of allylic oxidation sites excluding steroid dienone is 2. The lowest BCUT2D eigenvalue weighted by atomic mass is 10.4. The Balaban J connectivity index is 3.26. The number of hydrogen-bond donors (Lipinski definition) is 0. The second-order valence-electron chi connectivity index (χ2n) is 1.17. The fourth-order valence-electron chi connectivity index (χ4n) is 0.211. The smallest absolute Gasteiger partial charge is 0.152 e. The topological polar surface area (TPSA) is 17.1 Å². The standard InChI is InChI=1S/C5H7FO/c1-5(7)3-2-4-6/h2-3H,4H2,1H3. The predicted octanol–water partition coefficient (Wildman–Crippen LogP) is 1.10. The predicted molar refractivity (Wildman–Crippen MR) is 25.8 cm³/mol. The summed E-state index contributed by atoms with van der Waals surface area (Å²) in [4.78, 5) is 9.95. The third-order valence-corrected chi connectivity index (χ3v) is 0.442. The van der Waals surface area contributed by atoms with E-state index in [0.29, 0.717) is 0 Å². The number of carbonyl (C=O) groups is 1. The summed E-state index contributed by atoms with van der Waals surface area (Å²) in [5, 5.41) is 0. The number of rotatable bonds is 2. The van der Waals surface area contributed by atoms with Crippen LogP contribution < -0.4 is 0 Å². The molecule has 0 amide bonds. The van der Waals surface area contributed by atoms with Gasteiger partial charge in [-0.1, -0.05) is 6.08 Å². The van der Waals surface area contributed by atoms with E-state index in [1.54, 1.807) is 0 Å². The fraction of sp³-hybridized carbons (Fsp3) is 0.400. The highest BCUT2D eigenvalue weighted by Crippen LogP contribution is 1.74. The first-order valence-corrected chi connectivity index (χ1v) is 2.00. The molecule has 2 heteroatoms. The van der Waals surface area contributed by atoms with Gasteiger partial charge in [-0.3, -0.25) is 4.79 Å². The molecule has 0 rings (SSSR count). The Morgan fingerprint density at radius 2 is 2.43 bits per heavy atom. The maximum atomic E-state index is 11.1. The van der Waals surface area contributed by atoms with Crippen LogP contribution in [0.15, 0.2) is 12.2 Å². The summed E-state index contributed by atoms with van der Waals surface area (Å²) in [6, 6.07) is 0. The van der Waals surface area contributed by atoms with Crippen LogP contribution in [-0.2, 0) is 4.79 Å². The molecule has 0 radical (unpaired) electrons. The van der Waals surface area contributed by atoms with Crippen molar-refractivity contribution in [2.24, 2.45) is 0 Å². The summed E-state index contributed by atoms with van der Waals surface area (Å²) in [7, 11) is 0. The second kappa shape index (κ2) is 3.53. The van der Waals surface area contributed by atoms with Crippen molar-refractivity contribution < 1.29 is 9.18 Å².